The van der Waals surface area contributed by atoms with Gasteiger partial charge in [-0.25, -0.2) is 9.18 Å². The first-order valence-electron chi connectivity index (χ1n) is 10.3. The number of anilines is 1. The summed E-state index contributed by atoms with van der Waals surface area (Å²) in [5.74, 6) is -0.241. The summed E-state index contributed by atoms with van der Waals surface area (Å²) in [4.78, 5) is 16.6. The third-order valence-electron chi connectivity index (χ3n) is 5.76. The predicted molar refractivity (Wildman–Crippen MR) is 112 cm³/mol. The Morgan fingerprint density at radius 2 is 1.93 bits per heavy atom. The molecule has 5 nitrogen and oxygen atoms in total. The van der Waals surface area contributed by atoms with Gasteiger partial charge in [0.05, 0.1) is 0 Å². The van der Waals surface area contributed by atoms with Crippen molar-refractivity contribution in [3.05, 3.63) is 29.6 Å². The summed E-state index contributed by atoms with van der Waals surface area (Å²) in [5, 5.41) is 0. The molecule has 2 N–H and O–H groups in total. The first kappa shape index (κ1) is 22.5. The normalized spacial score (nSPS) is 17.4. The molecule has 1 aromatic rings. The minimum atomic E-state index is -0.493. The number of halogens is 1. The molecule has 1 amide bonds. The zero-order valence-electron chi connectivity index (χ0n) is 18.1. The quantitative estimate of drug-likeness (QED) is 0.714. The topological polar surface area (TPSA) is 58.8 Å². The lowest BCUT2D eigenvalue weighted by Gasteiger charge is -2.44. The van der Waals surface area contributed by atoms with Crippen LogP contribution in [0.2, 0.25) is 0 Å². The summed E-state index contributed by atoms with van der Waals surface area (Å²) in [7, 11) is 0. The highest BCUT2D eigenvalue weighted by molar-refractivity contribution is 5.68. The molecule has 1 aromatic carbocycles. The van der Waals surface area contributed by atoms with E-state index in [4.69, 9.17) is 10.5 Å². The maximum atomic E-state index is 14.1. The van der Waals surface area contributed by atoms with Crippen molar-refractivity contribution in [2.75, 3.05) is 31.9 Å². The minimum Gasteiger partial charge on any atom is -0.444 e. The number of benzene rings is 1. The van der Waals surface area contributed by atoms with Crippen LogP contribution in [0.1, 0.15) is 59.4 Å². The van der Waals surface area contributed by atoms with Crippen LogP contribution in [0.3, 0.4) is 0 Å². The first-order valence-corrected chi connectivity index (χ1v) is 10.3. The monoisotopic (exact) mass is 393 g/mol. The van der Waals surface area contributed by atoms with Crippen LogP contribution in [-0.2, 0) is 11.3 Å². The van der Waals surface area contributed by atoms with Crippen LogP contribution >= 0.6 is 0 Å². The summed E-state index contributed by atoms with van der Waals surface area (Å²) in [5.41, 5.74) is 6.63. The second kappa shape index (κ2) is 9.12. The molecule has 2 rings (SSSR count). The van der Waals surface area contributed by atoms with E-state index in [2.05, 4.69) is 11.8 Å². The number of amides is 1. The molecule has 1 aliphatic heterocycles. The lowest BCUT2D eigenvalue weighted by molar-refractivity contribution is 0.00547. The van der Waals surface area contributed by atoms with E-state index in [1.807, 2.05) is 32.6 Å². The average Bonchev–Trinajstić information content (AvgIpc) is 2.62. The highest BCUT2D eigenvalue weighted by atomic mass is 19.1. The van der Waals surface area contributed by atoms with Gasteiger partial charge in [-0.1, -0.05) is 13.0 Å². The van der Waals surface area contributed by atoms with Crippen molar-refractivity contribution in [3.8, 4) is 0 Å². The predicted octanol–water partition coefficient (Wildman–Crippen LogP) is 4.66. The van der Waals surface area contributed by atoms with E-state index >= 15 is 0 Å². The second-order valence-corrected chi connectivity index (χ2v) is 8.93. The molecular weight excluding hydrogens is 357 g/mol. The van der Waals surface area contributed by atoms with Gasteiger partial charge in [0.2, 0.25) is 0 Å². The van der Waals surface area contributed by atoms with E-state index in [9.17, 15) is 9.18 Å². The van der Waals surface area contributed by atoms with E-state index in [1.165, 1.54) is 6.07 Å². The lowest BCUT2D eigenvalue weighted by Crippen LogP contribution is -2.48. The molecule has 1 saturated heterocycles. The van der Waals surface area contributed by atoms with Crippen molar-refractivity contribution in [3.63, 3.8) is 0 Å². The second-order valence-electron chi connectivity index (χ2n) is 8.93. The van der Waals surface area contributed by atoms with Gasteiger partial charge in [-0.15, -0.1) is 0 Å². The Labute approximate surface area is 169 Å². The Kier molecular flexibility index (Phi) is 7.32. The molecule has 0 unspecified atom stereocenters. The van der Waals surface area contributed by atoms with Crippen LogP contribution in [0.25, 0.3) is 0 Å². The molecule has 0 saturated carbocycles. The standard InChI is InChI=1S/C22H36FN3O2/c1-6-22(16-26(7-2)20(27)28-21(3,4)5)11-13-25(14-12-22)15-17-18(23)9-8-10-19(17)24/h8-10H,6-7,11-16,24H2,1-5H3. The SMILES string of the molecule is CCN(CC1(CC)CCN(Cc2c(N)cccc2F)CC1)C(=O)OC(C)(C)C. The van der Waals surface area contributed by atoms with Gasteiger partial charge in [-0.2, -0.15) is 0 Å². The smallest absolute Gasteiger partial charge is 0.410 e. The zero-order chi connectivity index (χ0) is 20.9. The van der Waals surface area contributed by atoms with Crippen molar-refractivity contribution in [2.45, 2.75) is 66.0 Å². The fourth-order valence-electron chi connectivity index (χ4n) is 3.81. The molecule has 158 valence electrons. The van der Waals surface area contributed by atoms with Crippen LogP contribution in [0, 0.1) is 11.2 Å². The molecule has 1 fully saturated rings. The minimum absolute atomic E-state index is 0.0736. The van der Waals surface area contributed by atoms with E-state index in [-0.39, 0.29) is 17.3 Å². The van der Waals surface area contributed by atoms with Gasteiger partial charge in [0.25, 0.3) is 0 Å². The molecule has 0 bridgehead atoms. The number of ether oxygens (including phenoxy) is 1. The molecule has 1 heterocycles. The Balaban J connectivity index is 1.99. The first-order chi connectivity index (χ1) is 13.1. The molecular formula is C22H36FN3O2. The van der Waals surface area contributed by atoms with Crippen LogP contribution in [0.5, 0.6) is 0 Å². The number of nitrogen functional groups attached to an aromatic ring is 1. The number of nitrogens with two attached hydrogens (primary N) is 1. The lowest BCUT2D eigenvalue weighted by atomic mass is 9.75. The highest BCUT2D eigenvalue weighted by Gasteiger charge is 2.36. The van der Waals surface area contributed by atoms with Crippen molar-refractivity contribution in [2.24, 2.45) is 5.41 Å². The Bertz CT molecular complexity index is 644. The van der Waals surface area contributed by atoms with Gasteiger partial charge in [-0.3, -0.25) is 4.90 Å². The van der Waals surface area contributed by atoms with Crippen molar-refractivity contribution < 1.29 is 13.9 Å². The molecule has 0 radical (unpaired) electrons. The zero-order valence-corrected chi connectivity index (χ0v) is 18.1. The van der Waals surface area contributed by atoms with E-state index in [1.54, 1.807) is 12.1 Å². The molecule has 0 aliphatic carbocycles. The molecule has 0 atom stereocenters. The van der Waals surface area contributed by atoms with Gasteiger partial charge in [-0.05, 0) is 77.6 Å². The van der Waals surface area contributed by atoms with Gasteiger partial charge < -0.3 is 15.4 Å². The fraction of sp³-hybridized carbons (Fsp3) is 0.682. The number of hydrogen-bond donors (Lipinski definition) is 1. The fourth-order valence-corrected chi connectivity index (χ4v) is 3.81. The number of piperidine rings is 1. The molecule has 1 aliphatic rings. The molecule has 6 heteroatoms. The van der Waals surface area contributed by atoms with Crippen molar-refractivity contribution >= 4 is 11.8 Å². The third-order valence-corrected chi connectivity index (χ3v) is 5.76. The summed E-state index contributed by atoms with van der Waals surface area (Å²) >= 11 is 0. The summed E-state index contributed by atoms with van der Waals surface area (Å²) in [6, 6.07) is 4.85. The van der Waals surface area contributed by atoms with Gasteiger partial charge in [0, 0.05) is 30.9 Å². The van der Waals surface area contributed by atoms with E-state index in [0.29, 0.717) is 30.9 Å². The Morgan fingerprint density at radius 1 is 1.29 bits per heavy atom. The van der Waals surface area contributed by atoms with Crippen LogP contribution in [-0.4, -0.2) is 47.7 Å². The van der Waals surface area contributed by atoms with E-state index < -0.39 is 5.60 Å². The van der Waals surface area contributed by atoms with Crippen molar-refractivity contribution in [1.29, 1.82) is 0 Å². The highest BCUT2D eigenvalue weighted by Crippen LogP contribution is 2.37. The number of likely N-dealkylation sites (tertiary alicyclic amines) is 1. The van der Waals surface area contributed by atoms with Crippen molar-refractivity contribution in [1.82, 2.24) is 9.80 Å². The van der Waals surface area contributed by atoms with Crippen LogP contribution < -0.4 is 5.73 Å². The number of rotatable bonds is 6. The third kappa shape index (κ3) is 5.84. The van der Waals surface area contributed by atoms with Gasteiger partial charge in [0.15, 0.2) is 0 Å². The maximum Gasteiger partial charge on any atom is 0.410 e. The van der Waals surface area contributed by atoms with Crippen LogP contribution in [0.15, 0.2) is 18.2 Å². The summed E-state index contributed by atoms with van der Waals surface area (Å²) < 4.78 is 19.7. The summed E-state index contributed by atoms with van der Waals surface area (Å²) in [6.07, 6.45) is 2.69. The average molecular weight is 394 g/mol. The van der Waals surface area contributed by atoms with Gasteiger partial charge >= 0.3 is 6.09 Å². The molecule has 28 heavy (non-hydrogen) atoms. The van der Waals surface area contributed by atoms with Gasteiger partial charge in [0.1, 0.15) is 11.4 Å². The Morgan fingerprint density at radius 3 is 2.43 bits per heavy atom. The van der Waals surface area contributed by atoms with E-state index in [0.717, 1.165) is 32.4 Å². The number of nitrogens with zero attached hydrogens (tertiary/aromatic N) is 2. The summed E-state index contributed by atoms with van der Waals surface area (Å²) in [6.45, 7) is 13.4. The largest absolute Gasteiger partial charge is 0.444 e. The maximum absolute atomic E-state index is 14.1. The number of carbonyl (C=O) groups excluding carboxylic acids is 1. The molecule has 0 aromatic heterocycles. The number of hydrogen-bond acceptors (Lipinski definition) is 4. The Hall–Kier alpha value is -1.82. The van der Waals surface area contributed by atoms with Crippen LogP contribution in [0.4, 0.5) is 14.9 Å². The molecule has 0 spiro atoms. The number of carbonyl (C=O) groups is 1.